The molecule has 4 rings (SSSR count). The quantitative estimate of drug-likeness (QED) is 0.832. The van der Waals surface area contributed by atoms with Gasteiger partial charge in [0.1, 0.15) is 0 Å². The molecule has 0 radical (unpaired) electrons. The fraction of sp³-hybridized carbons (Fsp3) is 0.824. The average Bonchev–Trinajstić information content (AvgIpc) is 3.03. The number of nitrogens with zero attached hydrogens (tertiary/aromatic N) is 2. The van der Waals surface area contributed by atoms with Gasteiger partial charge in [0.05, 0.1) is 24.4 Å². The van der Waals surface area contributed by atoms with Crippen LogP contribution in [0.2, 0.25) is 0 Å². The lowest BCUT2D eigenvalue weighted by molar-refractivity contribution is -0.0407. The summed E-state index contributed by atoms with van der Waals surface area (Å²) in [6, 6.07) is 2.17. The summed E-state index contributed by atoms with van der Waals surface area (Å²) in [5.41, 5.74) is 1.17. The predicted octanol–water partition coefficient (Wildman–Crippen LogP) is 3.48. The first-order valence-corrected chi connectivity index (χ1v) is 8.70. The summed E-state index contributed by atoms with van der Waals surface area (Å²) in [6.07, 6.45) is 11.2. The van der Waals surface area contributed by atoms with Crippen LogP contribution in [-0.4, -0.2) is 35.4 Å². The van der Waals surface area contributed by atoms with Gasteiger partial charge in [-0.2, -0.15) is 0 Å². The summed E-state index contributed by atoms with van der Waals surface area (Å²) in [5, 5.41) is 4.20. The van der Waals surface area contributed by atoms with E-state index >= 15 is 0 Å². The maximum atomic E-state index is 6.23. The van der Waals surface area contributed by atoms with Gasteiger partial charge in [0.15, 0.2) is 5.76 Å². The Morgan fingerprint density at radius 1 is 1.05 bits per heavy atom. The maximum absolute atomic E-state index is 6.23. The van der Waals surface area contributed by atoms with E-state index in [2.05, 4.69) is 16.1 Å². The van der Waals surface area contributed by atoms with Crippen LogP contribution in [0.3, 0.4) is 0 Å². The van der Waals surface area contributed by atoms with Crippen molar-refractivity contribution in [2.45, 2.75) is 76.0 Å². The Morgan fingerprint density at radius 3 is 2.48 bits per heavy atom. The van der Waals surface area contributed by atoms with Crippen LogP contribution in [0.25, 0.3) is 0 Å². The molecular weight excluding hydrogens is 264 g/mol. The lowest BCUT2D eigenvalue weighted by Crippen LogP contribution is -2.37. The molecule has 2 heterocycles. The van der Waals surface area contributed by atoms with Crippen molar-refractivity contribution < 1.29 is 9.26 Å². The highest BCUT2D eigenvalue weighted by Gasteiger charge is 2.28. The molecule has 0 amide bonds. The molecule has 0 atom stereocenters. The Morgan fingerprint density at radius 2 is 1.76 bits per heavy atom. The Labute approximate surface area is 126 Å². The Kier molecular flexibility index (Phi) is 3.99. The highest BCUT2D eigenvalue weighted by atomic mass is 16.5. The molecular formula is C17H26N2O2. The maximum Gasteiger partial charge on any atom is 0.150 e. The van der Waals surface area contributed by atoms with Crippen LogP contribution in [-0.2, 0) is 11.3 Å². The lowest BCUT2D eigenvalue weighted by Gasteiger charge is -2.32. The van der Waals surface area contributed by atoms with Crippen LogP contribution >= 0.6 is 0 Å². The molecule has 1 saturated heterocycles. The first kappa shape index (κ1) is 13.8. The molecule has 0 unspecified atom stereocenters. The van der Waals surface area contributed by atoms with Crippen molar-refractivity contribution >= 4 is 0 Å². The van der Waals surface area contributed by atoms with Gasteiger partial charge in [-0.15, -0.1) is 0 Å². The van der Waals surface area contributed by atoms with Crippen molar-refractivity contribution in [1.82, 2.24) is 10.1 Å². The minimum atomic E-state index is 0.487. The number of aromatic nitrogens is 1. The van der Waals surface area contributed by atoms with Crippen LogP contribution in [0.15, 0.2) is 10.6 Å². The van der Waals surface area contributed by atoms with E-state index in [-0.39, 0.29) is 0 Å². The molecule has 1 aliphatic heterocycles. The predicted molar refractivity (Wildman–Crippen MR) is 80.1 cm³/mol. The van der Waals surface area contributed by atoms with E-state index in [9.17, 15) is 0 Å². The van der Waals surface area contributed by atoms with E-state index in [1.54, 1.807) is 0 Å². The number of hydrogen-bond donors (Lipinski definition) is 0. The molecule has 0 bridgehead atoms. The smallest absolute Gasteiger partial charge is 0.150 e. The zero-order valence-electron chi connectivity index (χ0n) is 12.8. The fourth-order valence-electron chi connectivity index (χ4n) is 3.70. The molecule has 3 aliphatic rings. The normalized spacial score (nSPS) is 25.7. The molecule has 0 aromatic carbocycles. The number of rotatable bonds is 5. The zero-order chi connectivity index (χ0) is 14.1. The second kappa shape index (κ2) is 6.09. The Balaban J connectivity index is 1.22. The molecule has 2 aliphatic carbocycles. The highest BCUT2D eigenvalue weighted by Crippen LogP contribution is 2.39. The molecule has 4 nitrogen and oxygen atoms in total. The van der Waals surface area contributed by atoms with Gasteiger partial charge in [0.25, 0.3) is 0 Å². The molecule has 21 heavy (non-hydrogen) atoms. The molecule has 1 aromatic heterocycles. The van der Waals surface area contributed by atoms with E-state index in [0.29, 0.717) is 18.1 Å². The summed E-state index contributed by atoms with van der Waals surface area (Å²) < 4.78 is 11.7. The van der Waals surface area contributed by atoms with Crippen molar-refractivity contribution in [2.24, 2.45) is 0 Å². The van der Waals surface area contributed by atoms with E-state index < -0.39 is 0 Å². The van der Waals surface area contributed by atoms with E-state index in [1.807, 2.05) is 0 Å². The summed E-state index contributed by atoms with van der Waals surface area (Å²) >= 11 is 0. The van der Waals surface area contributed by atoms with Crippen molar-refractivity contribution in [2.75, 3.05) is 13.1 Å². The van der Waals surface area contributed by atoms with E-state index in [0.717, 1.165) is 25.4 Å². The van der Waals surface area contributed by atoms with E-state index in [4.69, 9.17) is 9.26 Å². The number of hydrogen-bond acceptors (Lipinski definition) is 4. The summed E-state index contributed by atoms with van der Waals surface area (Å²) in [7, 11) is 0. The van der Waals surface area contributed by atoms with Gasteiger partial charge in [0, 0.05) is 25.1 Å². The summed E-state index contributed by atoms with van der Waals surface area (Å²) in [4.78, 5) is 2.48. The molecule has 0 spiro atoms. The van der Waals surface area contributed by atoms with Crippen LogP contribution in [0, 0.1) is 0 Å². The SMILES string of the molecule is c1c(C2CC2)noc1CN1CCC(OC2CCCC2)CC1. The third kappa shape index (κ3) is 3.49. The number of ether oxygens (including phenoxy) is 1. The summed E-state index contributed by atoms with van der Waals surface area (Å²) in [5.74, 6) is 1.72. The minimum absolute atomic E-state index is 0.487. The fourth-order valence-corrected chi connectivity index (χ4v) is 3.70. The average molecular weight is 290 g/mol. The molecule has 3 fully saturated rings. The zero-order valence-corrected chi connectivity index (χ0v) is 12.8. The van der Waals surface area contributed by atoms with Gasteiger partial charge in [-0.05, 0) is 38.5 Å². The molecule has 0 N–H and O–H groups in total. The largest absolute Gasteiger partial charge is 0.375 e. The van der Waals surface area contributed by atoms with Crippen molar-refractivity contribution in [3.63, 3.8) is 0 Å². The second-order valence-electron chi connectivity index (χ2n) is 7.01. The topological polar surface area (TPSA) is 38.5 Å². The lowest BCUT2D eigenvalue weighted by atomic mass is 10.1. The van der Waals surface area contributed by atoms with Crippen molar-refractivity contribution in [3.8, 4) is 0 Å². The van der Waals surface area contributed by atoms with Gasteiger partial charge in [-0.3, -0.25) is 4.90 Å². The minimum Gasteiger partial charge on any atom is -0.375 e. The van der Waals surface area contributed by atoms with E-state index in [1.165, 1.54) is 57.1 Å². The van der Waals surface area contributed by atoms with Gasteiger partial charge in [-0.1, -0.05) is 18.0 Å². The number of likely N-dealkylation sites (tertiary alicyclic amines) is 1. The molecule has 116 valence electrons. The van der Waals surface area contributed by atoms with Gasteiger partial charge in [-0.25, -0.2) is 0 Å². The highest BCUT2D eigenvalue weighted by molar-refractivity contribution is 5.15. The first-order valence-electron chi connectivity index (χ1n) is 8.70. The van der Waals surface area contributed by atoms with Crippen LogP contribution in [0.4, 0.5) is 0 Å². The van der Waals surface area contributed by atoms with Crippen molar-refractivity contribution in [3.05, 3.63) is 17.5 Å². The monoisotopic (exact) mass is 290 g/mol. The third-order valence-corrected chi connectivity index (χ3v) is 5.17. The molecule has 2 saturated carbocycles. The number of piperidine rings is 1. The van der Waals surface area contributed by atoms with Crippen molar-refractivity contribution in [1.29, 1.82) is 0 Å². The molecule has 4 heteroatoms. The molecule has 1 aromatic rings. The Hall–Kier alpha value is -0.870. The summed E-state index contributed by atoms with van der Waals surface area (Å²) in [6.45, 7) is 3.16. The Bertz CT molecular complexity index is 455. The third-order valence-electron chi connectivity index (χ3n) is 5.17. The van der Waals surface area contributed by atoms with Gasteiger partial charge >= 0.3 is 0 Å². The second-order valence-corrected chi connectivity index (χ2v) is 7.01. The van der Waals surface area contributed by atoms with Gasteiger partial charge in [0.2, 0.25) is 0 Å². The standard InChI is InChI=1S/C17H26N2O2/c1-2-4-14(3-1)20-15-7-9-19(10-8-15)12-16-11-17(18-21-16)13-5-6-13/h11,13-15H,1-10,12H2. The van der Waals surface area contributed by atoms with Crippen LogP contribution in [0.5, 0.6) is 0 Å². The van der Waals surface area contributed by atoms with Crippen LogP contribution < -0.4 is 0 Å². The van der Waals surface area contributed by atoms with Gasteiger partial charge < -0.3 is 9.26 Å². The van der Waals surface area contributed by atoms with Crippen LogP contribution in [0.1, 0.15) is 68.7 Å². The first-order chi connectivity index (χ1) is 10.4.